The van der Waals surface area contributed by atoms with Crippen LogP contribution in [0.15, 0.2) is 60.1 Å². The molecule has 2 aliphatic rings. The first-order chi connectivity index (χ1) is 19.5. The summed E-state index contributed by atoms with van der Waals surface area (Å²) in [5, 5.41) is 18.4. The normalized spacial score (nSPS) is 18.5. The number of piperazine rings is 1. The molecule has 2 fully saturated rings. The zero-order chi connectivity index (χ0) is 27.6. The van der Waals surface area contributed by atoms with Gasteiger partial charge in [0.2, 0.25) is 0 Å². The highest BCUT2D eigenvalue weighted by molar-refractivity contribution is 6.06. The summed E-state index contributed by atoms with van der Waals surface area (Å²) in [6, 6.07) is 9.57. The molecule has 40 heavy (non-hydrogen) atoms. The fourth-order valence-corrected chi connectivity index (χ4v) is 5.49. The van der Waals surface area contributed by atoms with Crippen molar-refractivity contribution in [3.63, 3.8) is 0 Å². The number of ether oxygens (including phenoxy) is 1. The lowest BCUT2D eigenvalue weighted by Crippen LogP contribution is -2.44. The molecule has 0 bridgehead atoms. The van der Waals surface area contributed by atoms with E-state index in [9.17, 15) is 5.11 Å². The standard InChI is InChI=1S/C30H36N8O2/c1-3-20-14-23(39)4-5-26(20)35-30(31)25-17-33-38-18-21(15-28(38)29(25)34-22-7-13-40-19-22)24-16-32-8-6-27(24)37-11-9-36(2)10-12-37/h4-6,8,14-18,22,34,39H,3,7,9-13,19H2,1-2H3,(H2,31,35). The summed E-state index contributed by atoms with van der Waals surface area (Å²) >= 11 is 0. The van der Waals surface area contributed by atoms with Crippen LogP contribution in [0.5, 0.6) is 5.75 Å². The number of rotatable bonds is 7. The van der Waals surface area contributed by atoms with Crippen molar-refractivity contribution < 1.29 is 9.84 Å². The van der Waals surface area contributed by atoms with Gasteiger partial charge in [-0.2, -0.15) is 5.10 Å². The molecule has 0 radical (unpaired) electrons. The van der Waals surface area contributed by atoms with E-state index in [1.54, 1.807) is 24.4 Å². The molecule has 0 amide bonds. The van der Waals surface area contributed by atoms with Gasteiger partial charge in [-0.1, -0.05) is 6.92 Å². The van der Waals surface area contributed by atoms with Crippen LogP contribution in [-0.2, 0) is 11.2 Å². The van der Waals surface area contributed by atoms with Crippen molar-refractivity contribution in [2.45, 2.75) is 25.8 Å². The number of likely N-dealkylation sites (N-methyl/N-ethyl adjacent to an activating group) is 1. The van der Waals surface area contributed by atoms with Gasteiger partial charge in [0.25, 0.3) is 0 Å². The molecule has 1 atom stereocenters. The molecule has 3 aromatic heterocycles. The number of nitrogens with zero attached hydrogens (tertiary/aromatic N) is 6. The Bertz CT molecular complexity index is 1530. The predicted molar refractivity (Wildman–Crippen MR) is 159 cm³/mol. The lowest BCUT2D eigenvalue weighted by molar-refractivity contribution is 0.195. The molecule has 4 N–H and O–H groups in total. The average molecular weight is 541 g/mol. The van der Waals surface area contributed by atoms with Crippen LogP contribution in [0.3, 0.4) is 0 Å². The van der Waals surface area contributed by atoms with Crippen molar-refractivity contribution in [1.82, 2.24) is 19.5 Å². The zero-order valence-electron chi connectivity index (χ0n) is 23.0. The minimum absolute atomic E-state index is 0.162. The molecular formula is C30H36N8O2. The first-order valence-electron chi connectivity index (χ1n) is 13.9. The van der Waals surface area contributed by atoms with Gasteiger partial charge in [0.05, 0.1) is 41.3 Å². The lowest BCUT2D eigenvalue weighted by Gasteiger charge is -2.35. The highest BCUT2D eigenvalue weighted by Crippen LogP contribution is 2.35. The van der Waals surface area contributed by atoms with E-state index in [-0.39, 0.29) is 11.8 Å². The third-order valence-corrected chi connectivity index (χ3v) is 7.83. The molecule has 4 aromatic rings. The summed E-state index contributed by atoms with van der Waals surface area (Å²) in [5.41, 5.74) is 14.1. The van der Waals surface area contributed by atoms with Crippen LogP contribution in [0.4, 0.5) is 17.1 Å². The number of amidine groups is 1. The maximum atomic E-state index is 9.93. The van der Waals surface area contributed by atoms with Gasteiger partial charge in [-0.05, 0) is 55.8 Å². The van der Waals surface area contributed by atoms with Crippen molar-refractivity contribution in [3.8, 4) is 16.9 Å². The number of benzene rings is 1. The SMILES string of the molecule is CCc1cc(O)ccc1N=C(N)c1cnn2cc(-c3cnccc3N3CCN(C)CC3)cc2c1NC1CCOC1. The number of nitrogens with one attached hydrogen (secondary N) is 1. The number of phenolic OH excluding ortho intramolecular Hbond substituents is 1. The van der Waals surface area contributed by atoms with Crippen LogP contribution < -0.4 is 16.0 Å². The smallest absolute Gasteiger partial charge is 0.135 e. The molecule has 0 spiro atoms. The number of phenols is 1. The van der Waals surface area contributed by atoms with Crippen LogP contribution in [0.1, 0.15) is 24.5 Å². The van der Waals surface area contributed by atoms with E-state index in [1.165, 1.54) is 5.69 Å². The Labute approximate surface area is 234 Å². The molecular weight excluding hydrogens is 504 g/mol. The van der Waals surface area contributed by atoms with Gasteiger partial charge in [0.1, 0.15) is 11.6 Å². The minimum Gasteiger partial charge on any atom is -0.508 e. The molecule has 208 valence electrons. The van der Waals surface area contributed by atoms with Crippen molar-refractivity contribution >= 4 is 28.4 Å². The number of pyridine rings is 1. The monoisotopic (exact) mass is 540 g/mol. The van der Waals surface area contributed by atoms with Crippen molar-refractivity contribution in [3.05, 3.63) is 66.2 Å². The number of fused-ring (bicyclic) bond motifs is 1. The fourth-order valence-electron chi connectivity index (χ4n) is 5.49. The minimum atomic E-state index is 0.162. The Morgan fingerprint density at radius 1 is 1.18 bits per heavy atom. The number of hydrogen-bond donors (Lipinski definition) is 3. The van der Waals surface area contributed by atoms with Gasteiger partial charge in [-0.15, -0.1) is 0 Å². The molecule has 2 saturated heterocycles. The molecule has 5 heterocycles. The number of aryl methyl sites for hydroxylation is 1. The third-order valence-electron chi connectivity index (χ3n) is 7.83. The van der Waals surface area contributed by atoms with Crippen molar-refractivity contribution in [1.29, 1.82) is 0 Å². The van der Waals surface area contributed by atoms with E-state index < -0.39 is 0 Å². The summed E-state index contributed by atoms with van der Waals surface area (Å²) in [6.07, 6.45) is 9.26. The van der Waals surface area contributed by atoms with E-state index in [2.05, 4.69) is 45.5 Å². The van der Waals surface area contributed by atoms with Crippen molar-refractivity contribution in [2.75, 3.05) is 56.7 Å². The second-order valence-corrected chi connectivity index (χ2v) is 10.5. The maximum Gasteiger partial charge on any atom is 0.135 e. The van der Waals surface area contributed by atoms with Gasteiger partial charge in [-0.3, -0.25) is 4.98 Å². The molecule has 6 rings (SSSR count). The second kappa shape index (κ2) is 11.1. The highest BCUT2D eigenvalue weighted by Gasteiger charge is 2.23. The molecule has 1 aromatic carbocycles. The fraction of sp³-hybridized carbons (Fsp3) is 0.367. The Morgan fingerprint density at radius 3 is 2.80 bits per heavy atom. The second-order valence-electron chi connectivity index (χ2n) is 10.5. The summed E-state index contributed by atoms with van der Waals surface area (Å²) in [4.78, 5) is 14.0. The van der Waals surface area contributed by atoms with E-state index in [0.717, 1.165) is 84.8 Å². The van der Waals surface area contributed by atoms with Crippen LogP contribution in [0, 0.1) is 0 Å². The maximum absolute atomic E-state index is 9.93. The average Bonchev–Trinajstić information content (AvgIpc) is 3.65. The number of aromatic nitrogens is 3. The number of hydrogen-bond acceptors (Lipinski definition) is 8. The number of nitrogens with two attached hydrogens (primary N) is 1. The summed E-state index contributed by atoms with van der Waals surface area (Å²) in [7, 11) is 2.16. The zero-order valence-corrected chi connectivity index (χ0v) is 23.0. The predicted octanol–water partition coefficient (Wildman–Crippen LogP) is 3.65. The van der Waals surface area contributed by atoms with E-state index in [1.807, 2.05) is 23.8 Å². The Balaban J connectivity index is 1.44. The summed E-state index contributed by atoms with van der Waals surface area (Å²) in [5.74, 6) is 0.576. The first-order valence-corrected chi connectivity index (χ1v) is 13.9. The first kappa shape index (κ1) is 26.1. The van der Waals surface area contributed by atoms with Gasteiger partial charge in [0, 0.05) is 68.2 Å². The largest absolute Gasteiger partial charge is 0.508 e. The summed E-state index contributed by atoms with van der Waals surface area (Å²) in [6.45, 7) is 7.39. The van der Waals surface area contributed by atoms with Crippen LogP contribution in [-0.4, -0.2) is 82.9 Å². The summed E-state index contributed by atoms with van der Waals surface area (Å²) < 4.78 is 7.55. The van der Waals surface area contributed by atoms with Gasteiger partial charge in [0.15, 0.2) is 0 Å². The van der Waals surface area contributed by atoms with E-state index in [0.29, 0.717) is 12.4 Å². The Morgan fingerprint density at radius 2 is 2.02 bits per heavy atom. The number of aromatic hydroxyl groups is 1. The third kappa shape index (κ3) is 5.20. The lowest BCUT2D eigenvalue weighted by atomic mass is 10.1. The molecule has 10 nitrogen and oxygen atoms in total. The van der Waals surface area contributed by atoms with E-state index >= 15 is 0 Å². The number of anilines is 2. The van der Waals surface area contributed by atoms with E-state index in [4.69, 9.17) is 20.6 Å². The highest BCUT2D eigenvalue weighted by atomic mass is 16.5. The topological polar surface area (TPSA) is 117 Å². The molecule has 1 unspecified atom stereocenters. The Hall–Kier alpha value is -4.15. The van der Waals surface area contributed by atoms with Crippen LogP contribution in [0.2, 0.25) is 0 Å². The number of aliphatic imine (C=N–C) groups is 1. The van der Waals surface area contributed by atoms with Crippen LogP contribution >= 0.6 is 0 Å². The molecule has 0 aliphatic carbocycles. The molecule has 10 heteroatoms. The van der Waals surface area contributed by atoms with Crippen molar-refractivity contribution in [2.24, 2.45) is 10.7 Å². The Kier molecular flexibility index (Phi) is 7.27. The van der Waals surface area contributed by atoms with Gasteiger partial charge in [-0.25, -0.2) is 9.51 Å². The quantitative estimate of drug-likeness (QED) is 0.240. The van der Waals surface area contributed by atoms with Gasteiger partial charge >= 0.3 is 0 Å². The molecule has 2 aliphatic heterocycles. The van der Waals surface area contributed by atoms with Crippen LogP contribution in [0.25, 0.3) is 16.6 Å². The van der Waals surface area contributed by atoms with Gasteiger partial charge < -0.3 is 30.7 Å². The molecule has 0 saturated carbocycles.